The highest BCUT2D eigenvalue weighted by Crippen LogP contribution is 2.40. The van der Waals surface area contributed by atoms with Crippen LogP contribution in [0.1, 0.15) is 18.6 Å². The molecule has 0 radical (unpaired) electrons. The van der Waals surface area contributed by atoms with E-state index in [0.717, 1.165) is 26.1 Å². The van der Waals surface area contributed by atoms with Gasteiger partial charge in [-0.05, 0) is 43.2 Å². The summed E-state index contributed by atoms with van der Waals surface area (Å²) in [6.07, 6.45) is 6.63. The van der Waals surface area contributed by atoms with Crippen LogP contribution < -0.4 is 5.32 Å². The molecule has 1 fully saturated rings. The van der Waals surface area contributed by atoms with E-state index in [-0.39, 0.29) is 10.7 Å². The van der Waals surface area contributed by atoms with Gasteiger partial charge in [0.05, 0.1) is 6.26 Å². The first-order valence-corrected chi connectivity index (χ1v) is 8.89. The molecular weight excluding hydrogens is 322 g/mol. The van der Waals surface area contributed by atoms with Crippen molar-refractivity contribution in [3.63, 3.8) is 0 Å². The van der Waals surface area contributed by atoms with Crippen molar-refractivity contribution >= 4 is 23.7 Å². The quantitative estimate of drug-likeness (QED) is 0.812. The summed E-state index contributed by atoms with van der Waals surface area (Å²) in [5.41, 5.74) is 0. The van der Waals surface area contributed by atoms with Crippen molar-refractivity contribution in [3.8, 4) is 0 Å². The summed E-state index contributed by atoms with van der Waals surface area (Å²) >= 11 is 1.83. The largest absolute Gasteiger partial charge is 0.465 e. The van der Waals surface area contributed by atoms with Crippen LogP contribution >= 0.6 is 11.8 Å². The zero-order valence-corrected chi connectivity index (χ0v) is 14.3. The summed E-state index contributed by atoms with van der Waals surface area (Å²) in [6.45, 7) is 2.09. The first-order valence-electron chi connectivity index (χ1n) is 8.07. The zero-order chi connectivity index (χ0) is 16.7. The van der Waals surface area contributed by atoms with Gasteiger partial charge in [0.1, 0.15) is 5.76 Å². The number of amides is 1. The minimum absolute atomic E-state index is 0.0201. The third kappa shape index (κ3) is 4.76. The van der Waals surface area contributed by atoms with Gasteiger partial charge >= 0.3 is 0 Å². The number of furan rings is 1. The van der Waals surface area contributed by atoms with Crippen molar-refractivity contribution < 1.29 is 13.9 Å². The molecule has 0 spiro atoms. The second-order valence-electron chi connectivity index (χ2n) is 5.78. The average Bonchev–Trinajstić information content (AvgIpc) is 3.14. The lowest BCUT2D eigenvalue weighted by Crippen LogP contribution is -2.44. The van der Waals surface area contributed by atoms with Crippen molar-refractivity contribution in [2.24, 2.45) is 0 Å². The number of thioether (sulfide) groups is 1. The molecular formula is C19H21NO3S. The number of nitrogens with one attached hydrogen (secondary N) is 1. The van der Waals surface area contributed by atoms with Gasteiger partial charge in [-0.2, -0.15) is 0 Å². The maximum Gasteiger partial charge on any atom is 0.244 e. The molecule has 1 aliphatic heterocycles. The van der Waals surface area contributed by atoms with Crippen molar-refractivity contribution in [1.82, 2.24) is 5.32 Å². The molecule has 1 aromatic heterocycles. The number of ether oxygens (including phenoxy) is 1. The van der Waals surface area contributed by atoms with E-state index in [2.05, 4.69) is 17.4 Å². The summed E-state index contributed by atoms with van der Waals surface area (Å²) in [5, 5.41) is 3.03. The molecule has 1 amide bonds. The molecule has 1 saturated heterocycles. The van der Waals surface area contributed by atoms with E-state index in [1.807, 2.05) is 36.0 Å². The average molecular weight is 343 g/mol. The predicted octanol–water partition coefficient (Wildman–Crippen LogP) is 3.75. The Morgan fingerprint density at radius 1 is 1.17 bits per heavy atom. The number of hydrogen-bond acceptors (Lipinski definition) is 4. The second kappa shape index (κ2) is 8.22. The molecule has 24 heavy (non-hydrogen) atoms. The summed E-state index contributed by atoms with van der Waals surface area (Å²) in [6, 6.07) is 13.9. The van der Waals surface area contributed by atoms with E-state index in [9.17, 15) is 4.79 Å². The zero-order valence-electron chi connectivity index (χ0n) is 13.4. The lowest BCUT2D eigenvalue weighted by Gasteiger charge is -2.36. The SMILES string of the molecule is O=C(C=Cc1ccco1)NCC1(Sc2ccccc2)CCOCC1. The number of carbonyl (C=O) groups is 1. The normalized spacial score (nSPS) is 17.0. The summed E-state index contributed by atoms with van der Waals surface area (Å²) in [7, 11) is 0. The lowest BCUT2D eigenvalue weighted by molar-refractivity contribution is -0.116. The number of hydrogen-bond donors (Lipinski definition) is 1. The Labute approximate surface area is 146 Å². The molecule has 1 aromatic carbocycles. The molecule has 126 valence electrons. The van der Waals surface area contributed by atoms with Crippen molar-refractivity contribution in [1.29, 1.82) is 0 Å². The van der Waals surface area contributed by atoms with E-state index in [1.54, 1.807) is 18.4 Å². The van der Waals surface area contributed by atoms with Gasteiger partial charge in [0.25, 0.3) is 0 Å². The summed E-state index contributed by atoms with van der Waals surface area (Å²) in [4.78, 5) is 13.3. The van der Waals surface area contributed by atoms with Gasteiger partial charge in [-0.1, -0.05) is 18.2 Å². The van der Waals surface area contributed by atoms with Crippen LogP contribution in [0.25, 0.3) is 6.08 Å². The van der Waals surface area contributed by atoms with E-state index in [1.165, 1.54) is 11.0 Å². The molecule has 0 bridgehead atoms. The molecule has 0 aliphatic carbocycles. The Bertz CT molecular complexity index is 661. The highest BCUT2D eigenvalue weighted by Gasteiger charge is 2.34. The first-order chi connectivity index (χ1) is 11.8. The van der Waals surface area contributed by atoms with Gasteiger partial charge in [-0.15, -0.1) is 11.8 Å². The minimum Gasteiger partial charge on any atom is -0.465 e. The maximum absolute atomic E-state index is 12.1. The van der Waals surface area contributed by atoms with Gasteiger partial charge in [0, 0.05) is 35.5 Å². The number of carbonyl (C=O) groups excluding carboxylic acids is 1. The molecule has 3 rings (SSSR count). The van der Waals surface area contributed by atoms with Gasteiger partial charge in [-0.25, -0.2) is 0 Å². The lowest BCUT2D eigenvalue weighted by atomic mass is 9.99. The van der Waals surface area contributed by atoms with Crippen LogP contribution in [0, 0.1) is 0 Å². The van der Waals surface area contributed by atoms with Crippen LogP contribution in [-0.2, 0) is 9.53 Å². The van der Waals surface area contributed by atoms with Crippen LogP contribution in [-0.4, -0.2) is 30.4 Å². The van der Waals surface area contributed by atoms with Crippen LogP contribution in [0.15, 0.2) is 64.1 Å². The van der Waals surface area contributed by atoms with Crippen LogP contribution in [0.5, 0.6) is 0 Å². The Morgan fingerprint density at radius 2 is 1.96 bits per heavy atom. The highest BCUT2D eigenvalue weighted by atomic mass is 32.2. The van der Waals surface area contributed by atoms with E-state index in [0.29, 0.717) is 12.3 Å². The van der Waals surface area contributed by atoms with Crippen molar-refractivity contribution in [3.05, 3.63) is 60.6 Å². The molecule has 2 aromatic rings. The van der Waals surface area contributed by atoms with E-state index >= 15 is 0 Å². The molecule has 0 unspecified atom stereocenters. The number of rotatable bonds is 6. The highest BCUT2D eigenvalue weighted by molar-refractivity contribution is 8.00. The molecule has 5 heteroatoms. The minimum atomic E-state index is -0.106. The molecule has 1 aliphatic rings. The monoisotopic (exact) mass is 343 g/mol. The third-order valence-electron chi connectivity index (χ3n) is 4.01. The van der Waals surface area contributed by atoms with Crippen molar-refractivity contribution in [2.45, 2.75) is 22.5 Å². The molecule has 0 saturated carbocycles. The Kier molecular flexibility index (Phi) is 5.77. The predicted molar refractivity (Wildman–Crippen MR) is 95.8 cm³/mol. The molecule has 0 atom stereocenters. The fourth-order valence-electron chi connectivity index (χ4n) is 2.65. The van der Waals surface area contributed by atoms with Crippen molar-refractivity contribution in [2.75, 3.05) is 19.8 Å². The molecule has 1 N–H and O–H groups in total. The van der Waals surface area contributed by atoms with Gasteiger partial charge in [0.15, 0.2) is 0 Å². The van der Waals surface area contributed by atoms with Crippen LogP contribution in [0.3, 0.4) is 0 Å². The molecule has 4 nitrogen and oxygen atoms in total. The first kappa shape index (κ1) is 16.9. The van der Waals surface area contributed by atoms with Crippen LogP contribution in [0.2, 0.25) is 0 Å². The fraction of sp³-hybridized carbons (Fsp3) is 0.316. The van der Waals surface area contributed by atoms with E-state index in [4.69, 9.17) is 9.15 Å². The standard InChI is InChI=1S/C19H21NO3S/c21-18(9-8-16-5-4-12-23-16)20-15-19(10-13-22-14-11-19)24-17-6-2-1-3-7-17/h1-9,12H,10-11,13-15H2,(H,20,21). The Balaban J connectivity index is 1.60. The Hall–Kier alpha value is -1.98. The summed E-state index contributed by atoms with van der Waals surface area (Å²) in [5.74, 6) is 0.565. The second-order valence-corrected chi connectivity index (χ2v) is 7.32. The fourth-order valence-corrected chi connectivity index (χ4v) is 3.96. The van der Waals surface area contributed by atoms with E-state index < -0.39 is 0 Å². The Morgan fingerprint density at radius 3 is 2.67 bits per heavy atom. The topological polar surface area (TPSA) is 51.5 Å². The third-order valence-corrected chi connectivity index (χ3v) is 5.50. The van der Waals surface area contributed by atoms with Gasteiger partial charge in [-0.3, -0.25) is 4.79 Å². The van der Waals surface area contributed by atoms with Crippen LogP contribution in [0.4, 0.5) is 0 Å². The van der Waals surface area contributed by atoms with Gasteiger partial charge < -0.3 is 14.5 Å². The smallest absolute Gasteiger partial charge is 0.244 e. The number of benzene rings is 1. The van der Waals surface area contributed by atoms with Gasteiger partial charge in [0.2, 0.25) is 5.91 Å². The molecule has 2 heterocycles. The maximum atomic E-state index is 12.1. The summed E-state index contributed by atoms with van der Waals surface area (Å²) < 4.78 is 10.7.